The van der Waals surface area contributed by atoms with Gasteiger partial charge in [0.2, 0.25) is 0 Å². The Kier molecular flexibility index (Phi) is 4.59. The third-order valence-corrected chi connectivity index (χ3v) is 3.51. The summed E-state index contributed by atoms with van der Waals surface area (Å²) < 4.78 is 22.4. The Morgan fingerprint density at radius 3 is 2.72 bits per heavy atom. The van der Waals surface area contributed by atoms with Crippen molar-refractivity contribution in [3.63, 3.8) is 0 Å². The van der Waals surface area contributed by atoms with Crippen LogP contribution in [0.25, 0.3) is 0 Å². The molecule has 2 rings (SSSR count). The van der Waals surface area contributed by atoms with Gasteiger partial charge in [-0.1, -0.05) is 6.92 Å². The van der Waals surface area contributed by atoms with Gasteiger partial charge < -0.3 is 18.9 Å². The molecule has 2 aliphatic rings. The summed E-state index contributed by atoms with van der Waals surface area (Å²) in [6.45, 7) is 5.24. The number of carbonyl (C=O) groups excluding carboxylic acids is 1. The first-order valence-corrected chi connectivity index (χ1v) is 6.73. The maximum Gasteiger partial charge on any atom is 0.302 e. The van der Waals surface area contributed by atoms with Gasteiger partial charge in [0, 0.05) is 13.3 Å². The number of esters is 1. The fraction of sp³-hybridized carbons (Fsp3) is 0.923. The average Bonchev–Trinajstić information content (AvgIpc) is 2.94. The Balaban J connectivity index is 1.83. The van der Waals surface area contributed by atoms with Crippen LogP contribution < -0.4 is 0 Å². The topological polar surface area (TPSA) is 54.0 Å². The van der Waals surface area contributed by atoms with Crippen molar-refractivity contribution in [3.05, 3.63) is 0 Å². The standard InChI is InChI=1S/C13H22O5/c1-3-11-9-13(16-7-8-17-13)12(18-11)5-4-6-15-10(2)14/h11-12H,3-9H2,1-2H3/t11-,12+/m0/s1. The van der Waals surface area contributed by atoms with Gasteiger partial charge in [0.1, 0.15) is 6.10 Å². The minimum Gasteiger partial charge on any atom is -0.466 e. The predicted molar refractivity (Wildman–Crippen MR) is 64.1 cm³/mol. The highest BCUT2D eigenvalue weighted by atomic mass is 16.8. The molecule has 104 valence electrons. The summed E-state index contributed by atoms with van der Waals surface area (Å²) in [5, 5.41) is 0. The van der Waals surface area contributed by atoms with Crippen LogP contribution in [0.5, 0.6) is 0 Å². The highest BCUT2D eigenvalue weighted by Crippen LogP contribution is 2.40. The summed E-state index contributed by atoms with van der Waals surface area (Å²) in [5.74, 6) is -0.784. The molecule has 0 saturated carbocycles. The molecule has 0 radical (unpaired) electrons. The lowest BCUT2D eigenvalue weighted by Gasteiger charge is -2.27. The zero-order valence-corrected chi connectivity index (χ0v) is 11.1. The summed E-state index contributed by atoms with van der Waals surface area (Å²) in [4.78, 5) is 10.7. The molecule has 2 aliphatic heterocycles. The van der Waals surface area contributed by atoms with Gasteiger partial charge in [-0.05, 0) is 19.3 Å². The minimum absolute atomic E-state index is 0.0412. The molecular formula is C13H22O5. The molecule has 0 unspecified atom stereocenters. The molecule has 5 nitrogen and oxygen atoms in total. The van der Waals surface area contributed by atoms with Crippen molar-refractivity contribution in [2.75, 3.05) is 19.8 Å². The average molecular weight is 258 g/mol. The van der Waals surface area contributed by atoms with E-state index in [-0.39, 0.29) is 18.2 Å². The predicted octanol–water partition coefficient (Wildman–Crippen LogP) is 1.64. The summed E-state index contributed by atoms with van der Waals surface area (Å²) in [6.07, 6.45) is 3.51. The number of rotatable bonds is 5. The first-order valence-electron chi connectivity index (χ1n) is 6.73. The molecule has 2 atom stereocenters. The largest absolute Gasteiger partial charge is 0.466 e. The van der Waals surface area contributed by atoms with Crippen molar-refractivity contribution in [2.45, 2.75) is 57.5 Å². The summed E-state index contributed by atoms with van der Waals surface area (Å²) >= 11 is 0. The molecule has 0 aromatic carbocycles. The highest BCUT2D eigenvalue weighted by molar-refractivity contribution is 5.65. The maximum atomic E-state index is 10.7. The zero-order chi connectivity index (χ0) is 13.0. The van der Waals surface area contributed by atoms with Crippen LogP contribution >= 0.6 is 0 Å². The molecule has 0 N–H and O–H groups in total. The van der Waals surface area contributed by atoms with Crippen LogP contribution in [0.15, 0.2) is 0 Å². The number of carbonyl (C=O) groups is 1. The summed E-state index contributed by atoms with van der Waals surface area (Å²) in [7, 11) is 0. The highest BCUT2D eigenvalue weighted by Gasteiger charge is 2.52. The fourth-order valence-corrected chi connectivity index (χ4v) is 2.62. The lowest BCUT2D eigenvalue weighted by Crippen LogP contribution is -2.39. The number of hydrogen-bond acceptors (Lipinski definition) is 5. The normalized spacial score (nSPS) is 29.9. The lowest BCUT2D eigenvalue weighted by molar-refractivity contribution is -0.191. The van der Waals surface area contributed by atoms with Crippen LogP contribution in [-0.4, -0.2) is 43.8 Å². The summed E-state index contributed by atoms with van der Waals surface area (Å²) in [5.41, 5.74) is 0. The Morgan fingerprint density at radius 2 is 2.11 bits per heavy atom. The van der Waals surface area contributed by atoms with Gasteiger partial charge in [-0.25, -0.2) is 0 Å². The van der Waals surface area contributed by atoms with E-state index >= 15 is 0 Å². The van der Waals surface area contributed by atoms with E-state index in [0.717, 1.165) is 25.7 Å². The van der Waals surface area contributed by atoms with Crippen molar-refractivity contribution in [1.29, 1.82) is 0 Å². The molecule has 0 bridgehead atoms. The molecule has 5 heteroatoms. The van der Waals surface area contributed by atoms with E-state index in [9.17, 15) is 4.79 Å². The van der Waals surface area contributed by atoms with Crippen LogP contribution in [0.3, 0.4) is 0 Å². The monoisotopic (exact) mass is 258 g/mol. The maximum absolute atomic E-state index is 10.7. The third kappa shape index (κ3) is 3.02. The van der Waals surface area contributed by atoms with Gasteiger partial charge in [-0.15, -0.1) is 0 Å². The van der Waals surface area contributed by atoms with Crippen LogP contribution in [-0.2, 0) is 23.7 Å². The van der Waals surface area contributed by atoms with Crippen LogP contribution in [0.1, 0.15) is 39.5 Å². The van der Waals surface area contributed by atoms with E-state index < -0.39 is 5.79 Å². The lowest BCUT2D eigenvalue weighted by atomic mass is 10.0. The number of hydrogen-bond donors (Lipinski definition) is 0. The third-order valence-electron chi connectivity index (χ3n) is 3.51. The Hall–Kier alpha value is -0.650. The smallest absolute Gasteiger partial charge is 0.302 e. The van der Waals surface area contributed by atoms with Crippen LogP contribution in [0.4, 0.5) is 0 Å². The van der Waals surface area contributed by atoms with Crippen LogP contribution in [0, 0.1) is 0 Å². The van der Waals surface area contributed by atoms with E-state index in [1.54, 1.807) is 0 Å². The van der Waals surface area contributed by atoms with Gasteiger partial charge in [-0.3, -0.25) is 4.79 Å². The van der Waals surface area contributed by atoms with Gasteiger partial charge in [-0.2, -0.15) is 0 Å². The quantitative estimate of drug-likeness (QED) is 0.554. The Labute approximate surface area is 108 Å². The van der Waals surface area contributed by atoms with Crippen molar-refractivity contribution < 1.29 is 23.7 Å². The SMILES string of the molecule is CC[C@H]1CC2(OCCO2)[C@@H](CCCOC(C)=O)O1. The van der Waals surface area contributed by atoms with Crippen LogP contribution in [0.2, 0.25) is 0 Å². The molecular weight excluding hydrogens is 236 g/mol. The number of ether oxygens (including phenoxy) is 4. The Morgan fingerprint density at radius 1 is 1.39 bits per heavy atom. The van der Waals surface area contributed by atoms with E-state index in [2.05, 4.69) is 6.92 Å². The minimum atomic E-state index is -0.545. The van der Waals surface area contributed by atoms with Crippen molar-refractivity contribution in [1.82, 2.24) is 0 Å². The van der Waals surface area contributed by atoms with Crippen molar-refractivity contribution in [3.8, 4) is 0 Å². The van der Waals surface area contributed by atoms with E-state index in [0.29, 0.717) is 19.8 Å². The Bertz CT molecular complexity index is 285. The molecule has 2 heterocycles. The zero-order valence-electron chi connectivity index (χ0n) is 11.1. The van der Waals surface area contributed by atoms with Gasteiger partial charge in [0.05, 0.1) is 25.9 Å². The van der Waals surface area contributed by atoms with Crippen molar-refractivity contribution >= 4 is 5.97 Å². The molecule has 0 aromatic rings. The van der Waals surface area contributed by atoms with E-state index in [4.69, 9.17) is 18.9 Å². The second-order valence-electron chi connectivity index (χ2n) is 4.85. The van der Waals surface area contributed by atoms with E-state index in [1.807, 2.05) is 0 Å². The summed E-state index contributed by atoms with van der Waals surface area (Å²) in [6, 6.07) is 0. The molecule has 18 heavy (non-hydrogen) atoms. The van der Waals surface area contributed by atoms with Gasteiger partial charge >= 0.3 is 5.97 Å². The molecule has 0 amide bonds. The second kappa shape index (κ2) is 5.99. The van der Waals surface area contributed by atoms with Crippen molar-refractivity contribution in [2.24, 2.45) is 0 Å². The molecule has 2 fully saturated rings. The first kappa shape index (κ1) is 13.8. The first-order chi connectivity index (χ1) is 8.66. The molecule has 0 aromatic heterocycles. The van der Waals surface area contributed by atoms with Gasteiger partial charge in [0.25, 0.3) is 0 Å². The van der Waals surface area contributed by atoms with E-state index in [1.165, 1.54) is 6.92 Å². The molecule has 2 saturated heterocycles. The fourth-order valence-electron chi connectivity index (χ4n) is 2.62. The second-order valence-corrected chi connectivity index (χ2v) is 4.85. The molecule has 0 aliphatic carbocycles. The molecule has 1 spiro atoms. The van der Waals surface area contributed by atoms with Gasteiger partial charge in [0.15, 0.2) is 5.79 Å².